The lowest BCUT2D eigenvalue weighted by Gasteiger charge is -2.28. The first-order chi connectivity index (χ1) is 5.69. The van der Waals surface area contributed by atoms with E-state index in [0.717, 1.165) is 19.4 Å². The molecule has 2 N–H and O–H groups in total. The fraction of sp³-hybridized carbons (Fsp3) is 1.00. The van der Waals surface area contributed by atoms with E-state index in [4.69, 9.17) is 5.11 Å². The topological polar surface area (TPSA) is 43.7 Å². The maximum Gasteiger partial charge on any atom is 0.0683 e. The number of aliphatic hydroxyl groups excluding tert-OH is 2. The molecule has 1 unspecified atom stereocenters. The number of hydrogen-bond donors (Lipinski definition) is 2. The second-order valence-electron chi connectivity index (χ2n) is 3.68. The van der Waals surface area contributed by atoms with E-state index in [1.807, 2.05) is 0 Å². The molecule has 0 aromatic carbocycles. The van der Waals surface area contributed by atoms with Crippen molar-refractivity contribution in [3.63, 3.8) is 0 Å². The summed E-state index contributed by atoms with van der Waals surface area (Å²) in [6.45, 7) is 5.16. The Kier molecular flexibility index (Phi) is 3.50. The van der Waals surface area contributed by atoms with Crippen molar-refractivity contribution < 1.29 is 10.2 Å². The van der Waals surface area contributed by atoms with Gasteiger partial charge in [0, 0.05) is 18.6 Å². The highest BCUT2D eigenvalue weighted by Crippen LogP contribution is 2.21. The Bertz CT molecular complexity index is 140. The van der Waals surface area contributed by atoms with Gasteiger partial charge in [0.1, 0.15) is 0 Å². The highest BCUT2D eigenvalue weighted by atomic mass is 16.3. The van der Waals surface area contributed by atoms with E-state index in [-0.39, 0.29) is 18.8 Å². The van der Waals surface area contributed by atoms with Crippen LogP contribution in [0.3, 0.4) is 0 Å². The fourth-order valence-electron chi connectivity index (χ4n) is 1.87. The van der Waals surface area contributed by atoms with Gasteiger partial charge in [0.15, 0.2) is 0 Å². The Morgan fingerprint density at radius 3 is 2.75 bits per heavy atom. The summed E-state index contributed by atoms with van der Waals surface area (Å²) in [6, 6.07) is 0.647. The Balaban J connectivity index is 2.51. The lowest BCUT2D eigenvalue weighted by atomic mass is 10.2. The van der Waals surface area contributed by atoms with Gasteiger partial charge >= 0.3 is 0 Å². The average Bonchev–Trinajstić information content (AvgIpc) is 2.45. The monoisotopic (exact) mass is 173 g/mol. The first-order valence-corrected chi connectivity index (χ1v) is 4.73. The molecular weight excluding hydrogens is 154 g/mol. The highest BCUT2D eigenvalue weighted by molar-refractivity contribution is 4.87. The standard InChI is InChI=1S/C9H19NO2/c1-3-7(2)10-5-9(12)4-8(10)6-11/h7-9,11-12H,3-6H2,1-2H3/t7?,8-,9+/m0/s1. The SMILES string of the molecule is CCC(C)N1C[C@H](O)C[C@H]1CO. The van der Waals surface area contributed by atoms with Crippen molar-refractivity contribution in [3.8, 4) is 0 Å². The van der Waals surface area contributed by atoms with Crippen molar-refractivity contribution >= 4 is 0 Å². The van der Waals surface area contributed by atoms with Crippen LogP contribution in [0, 0.1) is 0 Å². The van der Waals surface area contributed by atoms with Crippen LogP contribution in [-0.2, 0) is 0 Å². The van der Waals surface area contributed by atoms with Crippen molar-refractivity contribution in [1.29, 1.82) is 0 Å². The maximum absolute atomic E-state index is 9.39. The zero-order valence-corrected chi connectivity index (χ0v) is 7.90. The normalized spacial score (nSPS) is 34.0. The molecule has 1 saturated heterocycles. The molecule has 0 aliphatic carbocycles. The van der Waals surface area contributed by atoms with Crippen LogP contribution in [0.15, 0.2) is 0 Å². The summed E-state index contributed by atoms with van der Waals surface area (Å²) in [7, 11) is 0. The summed E-state index contributed by atoms with van der Waals surface area (Å²) < 4.78 is 0. The molecule has 72 valence electrons. The van der Waals surface area contributed by atoms with E-state index in [9.17, 15) is 5.11 Å². The lowest BCUT2D eigenvalue weighted by molar-refractivity contribution is 0.119. The van der Waals surface area contributed by atoms with Crippen molar-refractivity contribution in [3.05, 3.63) is 0 Å². The molecule has 1 fully saturated rings. The maximum atomic E-state index is 9.39. The predicted molar refractivity (Wildman–Crippen MR) is 48.0 cm³/mol. The summed E-state index contributed by atoms with van der Waals surface area (Å²) >= 11 is 0. The molecule has 0 spiro atoms. The van der Waals surface area contributed by atoms with Crippen LogP contribution in [0.1, 0.15) is 26.7 Å². The van der Waals surface area contributed by atoms with Gasteiger partial charge in [-0.1, -0.05) is 6.92 Å². The predicted octanol–water partition coefficient (Wildman–Crippen LogP) is 0.212. The number of nitrogens with zero attached hydrogens (tertiary/aromatic N) is 1. The zero-order chi connectivity index (χ0) is 9.14. The molecule has 0 amide bonds. The van der Waals surface area contributed by atoms with Crippen LogP contribution in [-0.4, -0.2) is 46.5 Å². The van der Waals surface area contributed by atoms with Crippen LogP contribution in [0.5, 0.6) is 0 Å². The molecule has 0 saturated carbocycles. The molecule has 3 atom stereocenters. The first-order valence-electron chi connectivity index (χ1n) is 4.73. The second-order valence-corrected chi connectivity index (χ2v) is 3.68. The smallest absolute Gasteiger partial charge is 0.0683 e. The quantitative estimate of drug-likeness (QED) is 0.641. The molecule has 1 aliphatic rings. The van der Waals surface area contributed by atoms with E-state index in [2.05, 4.69) is 18.7 Å². The van der Waals surface area contributed by atoms with E-state index < -0.39 is 0 Å². The van der Waals surface area contributed by atoms with Gasteiger partial charge in [-0.15, -0.1) is 0 Å². The van der Waals surface area contributed by atoms with Gasteiger partial charge in [-0.2, -0.15) is 0 Å². The van der Waals surface area contributed by atoms with Crippen molar-refractivity contribution in [1.82, 2.24) is 4.90 Å². The Morgan fingerprint density at radius 2 is 2.25 bits per heavy atom. The Hall–Kier alpha value is -0.120. The lowest BCUT2D eigenvalue weighted by Crippen LogP contribution is -2.39. The number of β-amino-alcohol motifs (C(OH)–C–C–N with tert-alkyl or cyclic N) is 1. The summed E-state index contributed by atoms with van der Waals surface area (Å²) in [5.41, 5.74) is 0. The second kappa shape index (κ2) is 4.21. The molecule has 0 bridgehead atoms. The van der Waals surface area contributed by atoms with E-state index in [1.54, 1.807) is 0 Å². The van der Waals surface area contributed by atoms with Crippen molar-refractivity contribution in [2.75, 3.05) is 13.2 Å². The molecular formula is C9H19NO2. The molecule has 3 heteroatoms. The Labute approximate surface area is 74.0 Å². The van der Waals surface area contributed by atoms with Crippen LogP contribution < -0.4 is 0 Å². The fourth-order valence-corrected chi connectivity index (χ4v) is 1.87. The number of hydrogen-bond acceptors (Lipinski definition) is 3. The van der Waals surface area contributed by atoms with Gasteiger partial charge in [-0.3, -0.25) is 4.90 Å². The van der Waals surface area contributed by atoms with Gasteiger partial charge in [-0.25, -0.2) is 0 Å². The highest BCUT2D eigenvalue weighted by Gasteiger charge is 2.32. The molecule has 0 aromatic heterocycles. The van der Waals surface area contributed by atoms with Crippen molar-refractivity contribution in [2.45, 2.75) is 44.9 Å². The molecule has 3 nitrogen and oxygen atoms in total. The third kappa shape index (κ3) is 1.97. The number of aliphatic hydroxyl groups is 2. The van der Waals surface area contributed by atoms with Crippen molar-refractivity contribution in [2.24, 2.45) is 0 Å². The van der Waals surface area contributed by atoms with Gasteiger partial charge in [-0.05, 0) is 19.8 Å². The van der Waals surface area contributed by atoms with Gasteiger partial charge < -0.3 is 10.2 Å². The number of likely N-dealkylation sites (tertiary alicyclic amines) is 1. The van der Waals surface area contributed by atoms with E-state index in [1.165, 1.54) is 0 Å². The minimum Gasteiger partial charge on any atom is -0.395 e. The first kappa shape index (κ1) is 9.96. The largest absolute Gasteiger partial charge is 0.395 e. The molecule has 1 rings (SSSR count). The summed E-state index contributed by atoms with van der Waals surface area (Å²) in [5.74, 6) is 0. The summed E-state index contributed by atoms with van der Waals surface area (Å²) in [5, 5.41) is 18.4. The van der Waals surface area contributed by atoms with Gasteiger partial charge in [0.2, 0.25) is 0 Å². The summed E-state index contributed by atoms with van der Waals surface area (Å²) in [4.78, 5) is 2.20. The molecule has 1 heterocycles. The molecule has 0 aromatic rings. The van der Waals surface area contributed by atoms with Gasteiger partial charge in [0.25, 0.3) is 0 Å². The van der Waals surface area contributed by atoms with E-state index >= 15 is 0 Å². The van der Waals surface area contributed by atoms with Crippen LogP contribution in [0.25, 0.3) is 0 Å². The number of rotatable bonds is 3. The van der Waals surface area contributed by atoms with Crippen LogP contribution in [0.2, 0.25) is 0 Å². The van der Waals surface area contributed by atoms with E-state index in [0.29, 0.717) is 6.04 Å². The Morgan fingerprint density at radius 1 is 1.58 bits per heavy atom. The van der Waals surface area contributed by atoms with Crippen LogP contribution >= 0.6 is 0 Å². The molecule has 0 radical (unpaired) electrons. The van der Waals surface area contributed by atoms with Gasteiger partial charge in [0.05, 0.1) is 12.7 Å². The average molecular weight is 173 g/mol. The minimum absolute atomic E-state index is 0.168. The van der Waals surface area contributed by atoms with Crippen LogP contribution in [0.4, 0.5) is 0 Å². The third-order valence-corrected chi connectivity index (χ3v) is 2.80. The minimum atomic E-state index is -0.240. The third-order valence-electron chi connectivity index (χ3n) is 2.80. The molecule has 1 aliphatic heterocycles. The molecule has 12 heavy (non-hydrogen) atoms. The zero-order valence-electron chi connectivity index (χ0n) is 7.90. The summed E-state index contributed by atoms with van der Waals surface area (Å²) in [6.07, 6.45) is 1.56.